The molecule has 0 aliphatic carbocycles. The summed E-state index contributed by atoms with van der Waals surface area (Å²) in [7, 11) is 0. The maximum atomic E-state index is 12.5. The largest absolute Gasteiger partial charge is 0.478 e. The third-order valence-corrected chi connectivity index (χ3v) is 3.27. The van der Waals surface area contributed by atoms with E-state index in [4.69, 9.17) is 9.84 Å². The topological polar surface area (TPSA) is 83.9 Å². The number of imide groups is 1. The molecular formula is C16H17NO5. The molecule has 1 aromatic rings. The van der Waals surface area contributed by atoms with Crippen LogP contribution in [0.4, 0.5) is 5.69 Å². The van der Waals surface area contributed by atoms with Crippen molar-refractivity contribution in [1.82, 2.24) is 0 Å². The number of hydrogen-bond acceptors (Lipinski definition) is 4. The predicted molar refractivity (Wildman–Crippen MR) is 79.7 cm³/mol. The molecule has 1 atom stereocenters. The zero-order valence-electron chi connectivity index (χ0n) is 12.6. The number of nitrogens with zero attached hydrogens (tertiary/aromatic N) is 1. The molecule has 2 rings (SSSR count). The molecule has 1 aliphatic rings. The Balaban J connectivity index is 2.48. The first-order valence-electron chi connectivity index (χ1n) is 6.87. The number of aryl methyl sites for hydroxylation is 1. The molecule has 116 valence electrons. The summed E-state index contributed by atoms with van der Waals surface area (Å²) in [6.07, 6.45) is 0.798. The lowest BCUT2D eigenvalue weighted by molar-refractivity contribution is -0.133. The maximum absolute atomic E-state index is 12.5. The van der Waals surface area contributed by atoms with Crippen LogP contribution in [0.25, 0.3) is 0 Å². The molecule has 1 aliphatic heterocycles. The first-order chi connectivity index (χ1) is 10.3. The third-order valence-electron chi connectivity index (χ3n) is 3.27. The second-order valence-electron chi connectivity index (χ2n) is 5.44. The Kier molecular flexibility index (Phi) is 4.30. The van der Waals surface area contributed by atoms with Gasteiger partial charge >= 0.3 is 5.97 Å². The summed E-state index contributed by atoms with van der Waals surface area (Å²) >= 11 is 0. The number of carbonyl (C=O) groups excluding carboxylic acids is 2. The van der Waals surface area contributed by atoms with Crippen LogP contribution < -0.4 is 9.64 Å². The molecule has 1 N–H and O–H groups in total. The molecule has 0 aromatic heterocycles. The highest BCUT2D eigenvalue weighted by Crippen LogP contribution is 2.36. The molecule has 2 amide bonds. The highest BCUT2D eigenvalue weighted by molar-refractivity contribution is 6.22. The fraction of sp³-hybridized carbons (Fsp3) is 0.312. The molecule has 22 heavy (non-hydrogen) atoms. The summed E-state index contributed by atoms with van der Waals surface area (Å²) < 4.78 is 5.71. The van der Waals surface area contributed by atoms with Crippen LogP contribution in [-0.4, -0.2) is 29.0 Å². The van der Waals surface area contributed by atoms with Crippen molar-refractivity contribution < 1.29 is 24.2 Å². The van der Waals surface area contributed by atoms with Gasteiger partial charge < -0.3 is 9.84 Å². The molecule has 0 fully saturated rings. The van der Waals surface area contributed by atoms with E-state index in [1.165, 1.54) is 0 Å². The smallest absolute Gasteiger partial charge is 0.328 e. The van der Waals surface area contributed by atoms with Gasteiger partial charge in [0, 0.05) is 12.2 Å². The Morgan fingerprint density at radius 2 is 2.00 bits per heavy atom. The monoisotopic (exact) mass is 303 g/mol. The van der Waals surface area contributed by atoms with Crippen molar-refractivity contribution in [2.24, 2.45) is 5.92 Å². The predicted octanol–water partition coefficient (Wildman–Crippen LogP) is 1.91. The second kappa shape index (κ2) is 6.01. The van der Waals surface area contributed by atoms with Gasteiger partial charge in [0.1, 0.15) is 5.75 Å². The van der Waals surface area contributed by atoms with Crippen molar-refractivity contribution in [2.45, 2.75) is 26.9 Å². The number of anilines is 1. The van der Waals surface area contributed by atoms with E-state index in [1.807, 2.05) is 20.8 Å². The number of benzene rings is 1. The average Bonchev–Trinajstić information content (AvgIpc) is 2.44. The number of aliphatic carboxylic acids is 1. The van der Waals surface area contributed by atoms with Gasteiger partial charge in [-0.2, -0.15) is 0 Å². The summed E-state index contributed by atoms with van der Waals surface area (Å²) in [5.74, 6) is -2.13. The number of rotatable bonds is 3. The first-order valence-corrected chi connectivity index (χ1v) is 6.87. The second-order valence-corrected chi connectivity index (χ2v) is 5.44. The van der Waals surface area contributed by atoms with Crippen LogP contribution in [0.2, 0.25) is 0 Å². The van der Waals surface area contributed by atoms with Gasteiger partial charge in [-0.3, -0.25) is 9.59 Å². The highest BCUT2D eigenvalue weighted by atomic mass is 16.5. The fourth-order valence-corrected chi connectivity index (χ4v) is 2.20. The van der Waals surface area contributed by atoms with E-state index < -0.39 is 23.9 Å². The summed E-state index contributed by atoms with van der Waals surface area (Å²) in [5.41, 5.74) is 1.26. The van der Waals surface area contributed by atoms with E-state index in [0.29, 0.717) is 17.5 Å². The maximum Gasteiger partial charge on any atom is 0.328 e. The van der Waals surface area contributed by atoms with Gasteiger partial charge in [-0.25, -0.2) is 9.69 Å². The number of ether oxygens (including phenoxy) is 1. The van der Waals surface area contributed by atoms with Crippen molar-refractivity contribution in [1.29, 1.82) is 0 Å². The number of carboxylic acid groups (broad SMARTS) is 1. The minimum Gasteiger partial charge on any atom is -0.478 e. The standard InChI is InChI=1S/C16H17NO5/c1-9(2)15-16(21)17(13(18)6-7-14(19)20)11-5-4-10(3)8-12(11)22-15/h4-9,15H,1-3H3,(H,19,20)/b7-6+. The Hall–Kier alpha value is -2.63. The molecule has 1 unspecified atom stereocenters. The molecule has 6 nitrogen and oxygen atoms in total. The molecule has 1 aromatic carbocycles. The molecule has 0 bridgehead atoms. The Morgan fingerprint density at radius 1 is 1.32 bits per heavy atom. The number of amides is 2. The van der Waals surface area contributed by atoms with Gasteiger partial charge in [-0.1, -0.05) is 19.9 Å². The summed E-state index contributed by atoms with van der Waals surface area (Å²) in [5, 5.41) is 8.63. The van der Waals surface area contributed by atoms with E-state index in [-0.39, 0.29) is 5.92 Å². The number of carboxylic acids is 1. The van der Waals surface area contributed by atoms with E-state index in [1.54, 1.807) is 18.2 Å². The van der Waals surface area contributed by atoms with Gasteiger partial charge in [0.05, 0.1) is 5.69 Å². The minimum absolute atomic E-state index is 0.125. The van der Waals surface area contributed by atoms with Gasteiger partial charge in [0.2, 0.25) is 0 Å². The van der Waals surface area contributed by atoms with E-state index in [9.17, 15) is 14.4 Å². The van der Waals surface area contributed by atoms with E-state index in [0.717, 1.165) is 16.5 Å². The SMILES string of the molecule is Cc1ccc2c(c1)OC(C(C)C)C(=O)N2C(=O)/C=C/C(=O)O. The van der Waals surface area contributed by atoms with Gasteiger partial charge in [0.25, 0.3) is 11.8 Å². The van der Waals surface area contributed by atoms with Crippen LogP contribution in [0, 0.1) is 12.8 Å². The molecular weight excluding hydrogens is 286 g/mol. The van der Waals surface area contributed by atoms with Crippen molar-refractivity contribution in [3.63, 3.8) is 0 Å². The molecule has 6 heteroatoms. The number of hydrogen-bond donors (Lipinski definition) is 1. The summed E-state index contributed by atoms with van der Waals surface area (Å²) in [6, 6.07) is 5.12. The van der Waals surface area contributed by atoms with Crippen LogP contribution in [0.3, 0.4) is 0 Å². The van der Waals surface area contributed by atoms with Crippen LogP contribution in [0.1, 0.15) is 19.4 Å². The lowest BCUT2D eigenvalue weighted by Crippen LogP contribution is -2.50. The van der Waals surface area contributed by atoms with Crippen molar-refractivity contribution in [3.05, 3.63) is 35.9 Å². The van der Waals surface area contributed by atoms with Crippen molar-refractivity contribution in [3.8, 4) is 5.75 Å². The van der Waals surface area contributed by atoms with E-state index >= 15 is 0 Å². The Bertz CT molecular complexity index is 663. The fourth-order valence-electron chi connectivity index (χ4n) is 2.20. The average molecular weight is 303 g/mol. The van der Waals surface area contributed by atoms with Crippen LogP contribution in [0.15, 0.2) is 30.4 Å². The van der Waals surface area contributed by atoms with Gasteiger partial charge in [-0.15, -0.1) is 0 Å². The normalized spacial score (nSPS) is 17.5. The number of carbonyl (C=O) groups is 3. The quantitative estimate of drug-likeness (QED) is 0.862. The lowest BCUT2D eigenvalue weighted by atomic mass is 10.0. The van der Waals surface area contributed by atoms with Crippen molar-refractivity contribution in [2.75, 3.05) is 4.90 Å². The van der Waals surface area contributed by atoms with Crippen LogP contribution in [0.5, 0.6) is 5.75 Å². The van der Waals surface area contributed by atoms with Crippen molar-refractivity contribution >= 4 is 23.5 Å². The van der Waals surface area contributed by atoms with Gasteiger partial charge in [0.15, 0.2) is 6.10 Å². The molecule has 0 spiro atoms. The highest BCUT2D eigenvalue weighted by Gasteiger charge is 2.38. The minimum atomic E-state index is -1.25. The molecule has 1 heterocycles. The zero-order valence-corrected chi connectivity index (χ0v) is 12.6. The zero-order chi connectivity index (χ0) is 16.4. The van der Waals surface area contributed by atoms with Crippen LogP contribution in [-0.2, 0) is 14.4 Å². The Morgan fingerprint density at radius 3 is 2.59 bits per heavy atom. The first kappa shape index (κ1) is 15.8. The summed E-state index contributed by atoms with van der Waals surface area (Å²) in [4.78, 5) is 36.3. The van der Waals surface area contributed by atoms with E-state index in [2.05, 4.69) is 0 Å². The lowest BCUT2D eigenvalue weighted by Gasteiger charge is -2.34. The third kappa shape index (κ3) is 3.00. The van der Waals surface area contributed by atoms with Crippen LogP contribution >= 0.6 is 0 Å². The molecule has 0 radical (unpaired) electrons. The summed E-state index contributed by atoms with van der Waals surface area (Å²) in [6.45, 7) is 5.51. The number of fused-ring (bicyclic) bond motifs is 1. The molecule has 0 saturated carbocycles. The Labute approximate surface area is 128 Å². The molecule has 0 saturated heterocycles. The van der Waals surface area contributed by atoms with Gasteiger partial charge in [-0.05, 0) is 30.5 Å².